The summed E-state index contributed by atoms with van der Waals surface area (Å²) in [6.45, 7) is 4.06. The molecule has 0 saturated heterocycles. The molecule has 0 fully saturated rings. The van der Waals surface area contributed by atoms with Crippen LogP contribution in [0.25, 0.3) is 0 Å². The summed E-state index contributed by atoms with van der Waals surface area (Å²) in [5, 5.41) is 19.9. The van der Waals surface area contributed by atoms with E-state index in [0.29, 0.717) is 12.2 Å². The molecule has 3 rings (SSSR count). The van der Waals surface area contributed by atoms with Crippen LogP contribution in [0.3, 0.4) is 0 Å². The lowest BCUT2D eigenvalue weighted by Gasteiger charge is -2.25. The quantitative estimate of drug-likeness (QED) is 0.565. The molecule has 0 radical (unpaired) electrons. The van der Waals surface area contributed by atoms with Gasteiger partial charge in [0.1, 0.15) is 11.6 Å². The molecule has 2 N–H and O–H groups in total. The summed E-state index contributed by atoms with van der Waals surface area (Å²) in [6, 6.07) is 6.58. The number of aromatic hydroxyl groups is 1. The smallest absolute Gasteiger partial charge is 0.303 e. The highest BCUT2D eigenvalue weighted by molar-refractivity contribution is 5.66. The molecule has 3 nitrogen and oxygen atoms in total. The van der Waals surface area contributed by atoms with Crippen LogP contribution < -0.4 is 0 Å². The molecule has 0 saturated carbocycles. The summed E-state index contributed by atoms with van der Waals surface area (Å²) in [4.78, 5) is 10.7. The molecule has 4 heteroatoms. The molecule has 2 aromatic carbocycles. The molecule has 0 aromatic heterocycles. The second-order valence-corrected chi connectivity index (χ2v) is 7.92. The van der Waals surface area contributed by atoms with Crippen LogP contribution in [0.1, 0.15) is 77.8 Å². The number of benzene rings is 2. The van der Waals surface area contributed by atoms with Crippen molar-refractivity contribution in [2.75, 3.05) is 0 Å². The Morgan fingerprint density at radius 3 is 2.39 bits per heavy atom. The highest BCUT2D eigenvalue weighted by Gasteiger charge is 2.28. The van der Waals surface area contributed by atoms with E-state index in [1.165, 1.54) is 28.8 Å². The van der Waals surface area contributed by atoms with Crippen LogP contribution in [0.5, 0.6) is 5.75 Å². The Labute approximate surface area is 166 Å². The van der Waals surface area contributed by atoms with Gasteiger partial charge in [-0.25, -0.2) is 4.39 Å². The molecule has 28 heavy (non-hydrogen) atoms. The number of carboxylic acid groups (broad SMARTS) is 1. The fraction of sp³-hybridized carbons (Fsp3) is 0.458. The van der Waals surface area contributed by atoms with E-state index in [9.17, 15) is 14.3 Å². The highest BCUT2D eigenvalue weighted by Crippen LogP contribution is 2.45. The predicted octanol–water partition coefficient (Wildman–Crippen LogP) is 5.80. The van der Waals surface area contributed by atoms with Crippen LogP contribution >= 0.6 is 0 Å². The summed E-state index contributed by atoms with van der Waals surface area (Å²) < 4.78 is 13.5. The van der Waals surface area contributed by atoms with Crippen molar-refractivity contribution in [1.29, 1.82) is 0 Å². The minimum Gasteiger partial charge on any atom is -0.507 e. The van der Waals surface area contributed by atoms with Gasteiger partial charge in [0.2, 0.25) is 0 Å². The molecule has 0 unspecified atom stereocenters. The van der Waals surface area contributed by atoms with Gasteiger partial charge in [-0.15, -0.1) is 0 Å². The van der Waals surface area contributed by atoms with Crippen LogP contribution in [-0.4, -0.2) is 16.2 Å². The first-order valence-electron chi connectivity index (χ1n) is 10.2. The van der Waals surface area contributed by atoms with Gasteiger partial charge in [-0.05, 0) is 85.9 Å². The van der Waals surface area contributed by atoms with Crippen LogP contribution in [0, 0.1) is 19.7 Å². The molecular formula is C24H29FO3. The van der Waals surface area contributed by atoms with Gasteiger partial charge >= 0.3 is 5.97 Å². The summed E-state index contributed by atoms with van der Waals surface area (Å²) in [7, 11) is 0. The van der Waals surface area contributed by atoms with Gasteiger partial charge in [-0.2, -0.15) is 0 Å². The third-order valence-corrected chi connectivity index (χ3v) is 6.17. The lowest BCUT2D eigenvalue weighted by atomic mass is 9.80. The molecule has 0 heterocycles. The van der Waals surface area contributed by atoms with Gasteiger partial charge in [-0.1, -0.05) is 25.0 Å². The van der Waals surface area contributed by atoms with Gasteiger partial charge < -0.3 is 10.2 Å². The van der Waals surface area contributed by atoms with Crippen molar-refractivity contribution >= 4 is 5.97 Å². The average molecular weight is 384 g/mol. The number of unbranched alkanes of at least 4 members (excludes halogenated alkanes) is 2. The van der Waals surface area contributed by atoms with E-state index in [0.717, 1.165) is 55.2 Å². The number of phenols is 1. The van der Waals surface area contributed by atoms with Crippen molar-refractivity contribution in [2.45, 2.75) is 71.1 Å². The maximum Gasteiger partial charge on any atom is 0.303 e. The summed E-state index contributed by atoms with van der Waals surface area (Å²) in [5.41, 5.74) is 6.76. The lowest BCUT2D eigenvalue weighted by Crippen LogP contribution is -2.08. The van der Waals surface area contributed by atoms with Crippen molar-refractivity contribution in [3.8, 4) is 5.75 Å². The molecular weight excluding hydrogens is 355 g/mol. The second-order valence-electron chi connectivity index (χ2n) is 7.92. The Kier molecular flexibility index (Phi) is 6.38. The Balaban J connectivity index is 1.95. The SMILES string of the molecule is Cc1c(C)c2c(c([C@H](CCCCCC(=O)O)c3ccc(F)cc3)c1O)CCC2. The van der Waals surface area contributed by atoms with E-state index in [-0.39, 0.29) is 18.2 Å². The fourth-order valence-corrected chi connectivity index (χ4v) is 4.55. The Hall–Kier alpha value is -2.36. The van der Waals surface area contributed by atoms with Gasteiger partial charge in [0, 0.05) is 17.9 Å². The topological polar surface area (TPSA) is 57.5 Å². The van der Waals surface area contributed by atoms with Crippen LogP contribution in [-0.2, 0) is 17.6 Å². The predicted molar refractivity (Wildman–Crippen MR) is 109 cm³/mol. The number of aliphatic carboxylic acids is 1. The molecule has 0 amide bonds. The second kappa shape index (κ2) is 8.76. The molecule has 1 atom stereocenters. The van der Waals surface area contributed by atoms with E-state index in [1.54, 1.807) is 0 Å². The van der Waals surface area contributed by atoms with E-state index < -0.39 is 5.97 Å². The van der Waals surface area contributed by atoms with Gasteiger partial charge in [-0.3, -0.25) is 4.79 Å². The average Bonchev–Trinajstić information content (AvgIpc) is 3.14. The van der Waals surface area contributed by atoms with E-state index in [2.05, 4.69) is 6.92 Å². The van der Waals surface area contributed by atoms with Crippen molar-refractivity contribution in [1.82, 2.24) is 0 Å². The van der Waals surface area contributed by atoms with Gasteiger partial charge in [0.25, 0.3) is 0 Å². The molecule has 150 valence electrons. The van der Waals surface area contributed by atoms with Crippen molar-refractivity contribution in [2.24, 2.45) is 0 Å². The van der Waals surface area contributed by atoms with Crippen LogP contribution in [0.15, 0.2) is 24.3 Å². The third kappa shape index (κ3) is 4.21. The van der Waals surface area contributed by atoms with Crippen molar-refractivity contribution in [3.05, 3.63) is 63.5 Å². The van der Waals surface area contributed by atoms with E-state index in [4.69, 9.17) is 5.11 Å². The minimum absolute atomic E-state index is 0.00317. The summed E-state index contributed by atoms with van der Waals surface area (Å²) >= 11 is 0. The van der Waals surface area contributed by atoms with Crippen molar-refractivity contribution in [3.63, 3.8) is 0 Å². The fourth-order valence-electron chi connectivity index (χ4n) is 4.55. The van der Waals surface area contributed by atoms with Crippen LogP contribution in [0.4, 0.5) is 4.39 Å². The monoisotopic (exact) mass is 384 g/mol. The molecule has 1 aliphatic carbocycles. The van der Waals surface area contributed by atoms with E-state index >= 15 is 0 Å². The van der Waals surface area contributed by atoms with Gasteiger partial charge in [0.15, 0.2) is 0 Å². The van der Waals surface area contributed by atoms with Crippen LogP contribution in [0.2, 0.25) is 0 Å². The normalized spacial score (nSPS) is 14.1. The van der Waals surface area contributed by atoms with Crippen molar-refractivity contribution < 1.29 is 19.4 Å². The Morgan fingerprint density at radius 2 is 1.71 bits per heavy atom. The lowest BCUT2D eigenvalue weighted by molar-refractivity contribution is -0.137. The summed E-state index contributed by atoms with van der Waals surface area (Å²) in [6.07, 6.45) is 6.47. The standard InChI is InChI=1S/C24H29FO3/c1-15-16(2)24(28)23(21-9-6-8-19(15)21)20(7-4-3-5-10-22(26)27)17-11-13-18(25)14-12-17/h11-14,20,28H,3-10H2,1-2H3,(H,26,27)/t20-/m1/s1. The third-order valence-electron chi connectivity index (χ3n) is 6.17. The Bertz CT molecular complexity index is 855. The molecule has 2 aromatic rings. The number of phenolic OH excluding ortho intramolecular Hbond substituents is 1. The zero-order chi connectivity index (χ0) is 20.3. The largest absolute Gasteiger partial charge is 0.507 e. The highest BCUT2D eigenvalue weighted by atomic mass is 19.1. The maximum absolute atomic E-state index is 13.5. The first-order valence-corrected chi connectivity index (χ1v) is 10.2. The summed E-state index contributed by atoms with van der Waals surface area (Å²) in [5.74, 6) is -0.659. The zero-order valence-electron chi connectivity index (χ0n) is 16.7. The number of fused-ring (bicyclic) bond motifs is 1. The number of carboxylic acids is 1. The Morgan fingerprint density at radius 1 is 1.04 bits per heavy atom. The van der Waals surface area contributed by atoms with Gasteiger partial charge in [0.05, 0.1) is 0 Å². The first kappa shape index (κ1) is 20.4. The number of rotatable bonds is 8. The number of hydrogen-bond donors (Lipinski definition) is 2. The minimum atomic E-state index is -0.764. The number of carbonyl (C=O) groups is 1. The number of halogens is 1. The first-order chi connectivity index (χ1) is 13.4. The number of hydrogen-bond acceptors (Lipinski definition) is 2. The molecule has 0 aliphatic heterocycles. The zero-order valence-corrected chi connectivity index (χ0v) is 16.7. The van der Waals surface area contributed by atoms with E-state index in [1.807, 2.05) is 19.1 Å². The maximum atomic E-state index is 13.5. The molecule has 0 spiro atoms. The molecule has 1 aliphatic rings. The molecule has 0 bridgehead atoms.